The predicted molar refractivity (Wildman–Crippen MR) is 80.6 cm³/mol. The summed E-state index contributed by atoms with van der Waals surface area (Å²) in [6.45, 7) is 3.68. The summed E-state index contributed by atoms with van der Waals surface area (Å²) in [6, 6.07) is 5.14. The summed E-state index contributed by atoms with van der Waals surface area (Å²) in [4.78, 5) is 23.9. The van der Waals surface area contributed by atoms with Crippen LogP contribution in [0.5, 0.6) is 5.75 Å². The van der Waals surface area contributed by atoms with Crippen molar-refractivity contribution in [3.05, 3.63) is 29.3 Å². The van der Waals surface area contributed by atoms with Crippen molar-refractivity contribution in [3.8, 4) is 5.75 Å². The highest BCUT2D eigenvalue weighted by Gasteiger charge is 2.15. The Morgan fingerprint density at radius 2 is 2.05 bits per heavy atom. The van der Waals surface area contributed by atoms with Crippen molar-refractivity contribution in [1.82, 2.24) is 5.32 Å². The number of rotatable bonds is 8. The van der Waals surface area contributed by atoms with Crippen LogP contribution in [0.25, 0.3) is 0 Å². The van der Waals surface area contributed by atoms with Gasteiger partial charge >= 0.3 is 0 Å². The number of aliphatic hydroxyl groups excluding tert-OH is 1. The standard InChI is InChI=1S/C16H23NO4/c1-4-12(10-18)17-16(20)8-6-14(19)13-9-11(2)5-7-15(13)21-3/h5,7,9,12,18H,4,6,8,10H2,1-3H3,(H,17,20). The number of amides is 1. The van der Waals surface area contributed by atoms with E-state index in [-0.39, 0.29) is 37.2 Å². The number of ether oxygens (including phenoxy) is 1. The van der Waals surface area contributed by atoms with E-state index in [1.54, 1.807) is 12.1 Å². The fourth-order valence-corrected chi connectivity index (χ4v) is 1.98. The zero-order valence-corrected chi connectivity index (χ0v) is 12.8. The van der Waals surface area contributed by atoms with Crippen molar-refractivity contribution in [2.45, 2.75) is 39.2 Å². The Labute approximate surface area is 125 Å². The number of aliphatic hydroxyl groups is 1. The normalized spacial score (nSPS) is 11.8. The molecule has 0 radical (unpaired) electrons. The molecule has 0 spiro atoms. The fourth-order valence-electron chi connectivity index (χ4n) is 1.98. The van der Waals surface area contributed by atoms with Crippen LogP contribution in [0.1, 0.15) is 42.1 Å². The van der Waals surface area contributed by atoms with Crippen molar-refractivity contribution in [2.24, 2.45) is 0 Å². The Morgan fingerprint density at radius 1 is 1.33 bits per heavy atom. The first-order chi connectivity index (χ1) is 10.0. The lowest BCUT2D eigenvalue weighted by Gasteiger charge is -2.14. The maximum atomic E-state index is 12.2. The number of nitrogens with one attached hydrogen (secondary N) is 1. The number of Topliss-reactive ketones (excluding diaryl/α,β-unsaturated/α-hetero) is 1. The molecule has 2 N–H and O–H groups in total. The van der Waals surface area contributed by atoms with Gasteiger partial charge in [0.15, 0.2) is 5.78 Å². The van der Waals surface area contributed by atoms with Crippen LogP contribution >= 0.6 is 0 Å². The Kier molecular flexibility index (Phi) is 6.88. The summed E-state index contributed by atoms with van der Waals surface area (Å²) in [5, 5.41) is 11.7. The van der Waals surface area contributed by atoms with Gasteiger partial charge in [-0.25, -0.2) is 0 Å². The number of carbonyl (C=O) groups excluding carboxylic acids is 2. The second-order valence-electron chi connectivity index (χ2n) is 4.98. The third-order valence-electron chi connectivity index (χ3n) is 3.31. The molecular weight excluding hydrogens is 270 g/mol. The molecule has 21 heavy (non-hydrogen) atoms. The van der Waals surface area contributed by atoms with E-state index in [4.69, 9.17) is 9.84 Å². The number of ketones is 1. The molecule has 0 aromatic heterocycles. The first-order valence-electron chi connectivity index (χ1n) is 7.09. The molecule has 1 amide bonds. The first kappa shape index (κ1) is 17.2. The van der Waals surface area contributed by atoms with Gasteiger partial charge in [0.25, 0.3) is 0 Å². The van der Waals surface area contributed by atoms with Crippen molar-refractivity contribution in [3.63, 3.8) is 0 Å². The molecule has 1 rings (SSSR count). The maximum absolute atomic E-state index is 12.2. The third-order valence-corrected chi connectivity index (χ3v) is 3.31. The van der Waals surface area contributed by atoms with E-state index in [1.807, 2.05) is 19.9 Å². The monoisotopic (exact) mass is 293 g/mol. The van der Waals surface area contributed by atoms with E-state index in [2.05, 4.69) is 5.32 Å². The molecule has 0 bridgehead atoms. The largest absolute Gasteiger partial charge is 0.496 e. The molecule has 0 saturated heterocycles. The molecule has 0 heterocycles. The lowest BCUT2D eigenvalue weighted by Crippen LogP contribution is -2.37. The van der Waals surface area contributed by atoms with Crippen molar-refractivity contribution in [2.75, 3.05) is 13.7 Å². The second-order valence-corrected chi connectivity index (χ2v) is 4.98. The Balaban J connectivity index is 2.62. The van der Waals surface area contributed by atoms with Crippen LogP contribution in [-0.4, -0.2) is 36.6 Å². The topological polar surface area (TPSA) is 75.6 Å². The number of hydrogen-bond acceptors (Lipinski definition) is 4. The van der Waals surface area contributed by atoms with E-state index in [0.717, 1.165) is 5.56 Å². The van der Waals surface area contributed by atoms with Crippen LogP contribution in [0.4, 0.5) is 0 Å². The predicted octanol–water partition coefficient (Wildman–Crippen LogP) is 1.85. The molecule has 0 aliphatic carbocycles. The van der Waals surface area contributed by atoms with Crippen LogP contribution < -0.4 is 10.1 Å². The quantitative estimate of drug-likeness (QED) is 0.717. The molecule has 116 valence electrons. The Morgan fingerprint density at radius 3 is 2.62 bits per heavy atom. The number of methoxy groups -OCH3 is 1. The maximum Gasteiger partial charge on any atom is 0.220 e. The van der Waals surface area contributed by atoms with Crippen molar-refractivity contribution >= 4 is 11.7 Å². The zero-order valence-electron chi connectivity index (χ0n) is 12.8. The molecule has 5 nitrogen and oxygen atoms in total. The lowest BCUT2D eigenvalue weighted by molar-refractivity contribution is -0.122. The minimum atomic E-state index is -0.249. The molecule has 0 aliphatic rings. The summed E-state index contributed by atoms with van der Waals surface area (Å²) in [6.07, 6.45) is 0.877. The van der Waals surface area contributed by atoms with Gasteiger partial charge in [0.1, 0.15) is 5.75 Å². The van der Waals surface area contributed by atoms with E-state index >= 15 is 0 Å². The van der Waals surface area contributed by atoms with Crippen LogP contribution in [0.3, 0.4) is 0 Å². The second kappa shape index (κ2) is 8.42. The van der Waals surface area contributed by atoms with Gasteiger partial charge in [0.05, 0.1) is 25.3 Å². The van der Waals surface area contributed by atoms with Gasteiger partial charge in [0.2, 0.25) is 5.91 Å². The SMILES string of the molecule is CCC(CO)NC(=O)CCC(=O)c1cc(C)ccc1OC. The van der Waals surface area contributed by atoms with Gasteiger partial charge in [0, 0.05) is 12.8 Å². The molecule has 1 aromatic carbocycles. The number of aryl methyl sites for hydroxylation is 1. The highest BCUT2D eigenvalue weighted by molar-refractivity contribution is 6.00. The Hall–Kier alpha value is -1.88. The van der Waals surface area contributed by atoms with Gasteiger partial charge < -0.3 is 15.2 Å². The fraction of sp³-hybridized carbons (Fsp3) is 0.500. The van der Waals surface area contributed by atoms with E-state index in [1.165, 1.54) is 7.11 Å². The number of carbonyl (C=O) groups is 2. The summed E-state index contributed by atoms with van der Waals surface area (Å²) >= 11 is 0. The van der Waals surface area contributed by atoms with Crippen molar-refractivity contribution in [1.29, 1.82) is 0 Å². The molecular formula is C16H23NO4. The Bertz CT molecular complexity index is 495. The van der Waals surface area contributed by atoms with Crippen LogP contribution in [0.15, 0.2) is 18.2 Å². The summed E-state index contributed by atoms with van der Waals surface area (Å²) in [5.41, 5.74) is 1.47. The molecule has 0 saturated carbocycles. The highest BCUT2D eigenvalue weighted by Crippen LogP contribution is 2.21. The molecule has 1 aromatic rings. The van der Waals surface area contributed by atoms with Crippen LogP contribution in [0.2, 0.25) is 0 Å². The van der Waals surface area contributed by atoms with Gasteiger partial charge in [-0.3, -0.25) is 9.59 Å². The van der Waals surface area contributed by atoms with E-state index < -0.39 is 0 Å². The zero-order chi connectivity index (χ0) is 15.8. The van der Waals surface area contributed by atoms with Gasteiger partial charge in [-0.15, -0.1) is 0 Å². The minimum absolute atomic E-state index is 0.0953. The molecule has 0 aliphatic heterocycles. The first-order valence-corrected chi connectivity index (χ1v) is 7.09. The molecule has 0 fully saturated rings. The van der Waals surface area contributed by atoms with E-state index in [0.29, 0.717) is 17.7 Å². The molecule has 1 atom stereocenters. The minimum Gasteiger partial charge on any atom is -0.496 e. The van der Waals surface area contributed by atoms with Gasteiger partial charge in [-0.05, 0) is 25.5 Å². The average Bonchev–Trinajstić information content (AvgIpc) is 2.50. The smallest absolute Gasteiger partial charge is 0.220 e. The lowest BCUT2D eigenvalue weighted by atomic mass is 10.0. The average molecular weight is 293 g/mol. The van der Waals surface area contributed by atoms with Crippen LogP contribution in [-0.2, 0) is 4.79 Å². The summed E-state index contributed by atoms with van der Waals surface area (Å²) < 4.78 is 5.17. The number of hydrogen-bond donors (Lipinski definition) is 2. The third kappa shape index (κ3) is 5.19. The summed E-state index contributed by atoms with van der Waals surface area (Å²) in [5.74, 6) is 0.173. The molecule has 5 heteroatoms. The highest BCUT2D eigenvalue weighted by atomic mass is 16.5. The summed E-state index contributed by atoms with van der Waals surface area (Å²) in [7, 11) is 1.52. The number of benzene rings is 1. The van der Waals surface area contributed by atoms with Gasteiger partial charge in [-0.2, -0.15) is 0 Å². The van der Waals surface area contributed by atoms with Crippen molar-refractivity contribution < 1.29 is 19.4 Å². The van der Waals surface area contributed by atoms with E-state index in [9.17, 15) is 9.59 Å². The molecule has 1 unspecified atom stereocenters. The van der Waals surface area contributed by atoms with Gasteiger partial charge in [-0.1, -0.05) is 18.6 Å². The van der Waals surface area contributed by atoms with Crippen LogP contribution in [0, 0.1) is 6.92 Å².